The van der Waals surface area contributed by atoms with Gasteiger partial charge in [-0.05, 0) is 18.2 Å². The van der Waals surface area contributed by atoms with Gasteiger partial charge in [-0.15, -0.1) is 0 Å². The molecule has 1 atom stereocenters. The highest BCUT2D eigenvalue weighted by molar-refractivity contribution is 6.34. The van der Waals surface area contributed by atoms with Gasteiger partial charge in [0.05, 0.1) is 0 Å². The summed E-state index contributed by atoms with van der Waals surface area (Å²) in [5.74, 6) is 0. The summed E-state index contributed by atoms with van der Waals surface area (Å²) < 4.78 is 39.2. The van der Waals surface area contributed by atoms with E-state index in [-0.39, 0.29) is 15.6 Å². The van der Waals surface area contributed by atoms with Crippen molar-refractivity contribution in [2.24, 2.45) is 5.16 Å². The third-order valence-corrected chi connectivity index (χ3v) is 2.89. The predicted molar refractivity (Wildman–Crippen MR) is 58.4 cm³/mol. The van der Waals surface area contributed by atoms with E-state index < -0.39 is 18.2 Å². The monoisotopic (exact) mass is 283 g/mol. The lowest BCUT2D eigenvalue weighted by Gasteiger charge is -2.29. The molecule has 1 aromatic carbocycles. The number of hydrogen-bond donors (Lipinski definition) is 0. The fourth-order valence-corrected chi connectivity index (χ4v) is 2.15. The smallest absolute Gasteiger partial charge is 0.375 e. The molecule has 0 N–H and O–H groups in total. The Bertz CT molecular complexity index is 445. The molecule has 0 saturated carbocycles. The van der Waals surface area contributed by atoms with Gasteiger partial charge in [0.1, 0.15) is 0 Å². The van der Waals surface area contributed by atoms with Crippen LogP contribution in [0.2, 0.25) is 10.0 Å². The van der Waals surface area contributed by atoms with Gasteiger partial charge in [0, 0.05) is 28.2 Å². The van der Waals surface area contributed by atoms with Crippen molar-refractivity contribution >= 4 is 29.4 Å². The van der Waals surface area contributed by atoms with E-state index in [2.05, 4.69) is 9.99 Å². The highest BCUT2D eigenvalue weighted by Gasteiger charge is 2.60. The van der Waals surface area contributed by atoms with Crippen molar-refractivity contribution in [1.29, 1.82) is 0 Å². The molecule has 0 saturated heterocycles. The molecular formula is C10H6Cl2F3NO. The summed E-state index contributed by atoms with van der Waals surface area (Å²) in [4.78, 5) is 4.53. The lowest BCUT2D eigenvalue weighted by atomic mass is 9.90. The first-order valence-corrected chi connectivity index (χ1v) is 5.34. The zero-order chi connectivity index (χ0) is 12.7. The molecule has 1 aliphatic rings. The quantitative estimate of drug-likeness (QED) is 0.758. The van der Waals surface area contributed by atoms with Crippen LogP contribution in [0.1, 0.15) is 12.0 Å². The summed E-state index contributed by atoms with van der Waals surface area (Å²) >= 11 is 11.4. The van der Waals surface area contributed by atoms with Crippen molar-refractivity contribution in [1.82, 2.24) is 0 Å². The van der Waals surface area contributed by atoms with Gasteiger partial charge in [-0.2, -0.15) is 13.2 Å². The summed E-state index contributed by atoms with van der Waals surface area (Å²) in [5.41, 5.74) is -2.64. The Labute approximate surface area is 105 Å². The molecule has 0 fully saturated rings. The Hall–Kier alpha value is -0.940. The van der Waals surface area contributed by atoms with E-state index in [0.29, 0.717) is 0 Å². The lowest BCUT2D eigenvalue weighted by molar-refractivity contribution is -0.275. The summed E-state index contributed by atoms with van der Waals surface area (Å²) in [7, 11) is 0. The number of rotatable bonds is 1. The maximum absolute atomic E-state index is 13.1. The van der Waals surface area contributed by atoms with Gasteiger partial charge in [-0.1, -0.05) is 28.4 Å². The minimum Gasteiger partial charge on any atom is -0.375 e. The second-order valence-electron chi connectivity index (χ2n) is 3.57. The molecule has 0 radical (unpaired) electrons. The van der Waals surface area contributed by atoms with Crippen molar-refractivity contribution < 1.29 is 18.0 Å². The van der Waals surface area contributed by atoms with Crippen LogP contribution in [0.3, 0.4) is 0 Å². The first-order valence-electron chi connectivity index (χ1n) is 4.58. The van der Waals surface area contributed by atoms with Crippen LogP contribution >= 0.6 is 23.2 Å². The van der Waals surface area contributed by atoms with Crippen LogP contribution in [-0.2, 0) is 10.4 Å². The maximum atomic E-state index is 13.1. The number of hydrogen-bond acceptors (Lipinski definition) is 2. The minimum absolute atomic E-state index is 0.117. The topological polar surface area (TPSA) is 21.6 Å². The molecule has 2 nitrogen and oxygen atoms in total. The summed E-state index contributed by atoms with van der Waals surface area (Å²) in [6.07, 6.45) is -3.92. The lowest BCUT2D eigenvalue weighted by Crippen LogP contribution is -2.42. The van der Waals surface area contributed by atoms with E-state index in [1.165, 1.54) is 18.2 Å². The highest BCUT2D eigenvalue weighted by atomic mass is 35.5. The van der Waals surface area contributed by atoms with Crippen molar-refractivity contribution in [3.63, 3.8) is 0 Å². The van der Waals surface area contributed by atoms with E-state index in [1.807, 2.05) is 0 Å². The van der Waals surface area contributed by atoms with Gasteiger partial charge in [0.25, 0.3) is 5.60 Å². The maximum Gasteiger partial charge on any atom is 0.435 e. The zero-order valence-electron chi connectivity index (χ0n) is 8.26. The fourth-order valence-electron chi connectivity index (χ4n) is 1.62. The molecule has 0 amide bonds. The molecule has 2 rings (SSSR count). The Morgan fingerprint density at radius 3 is 2.18 bits per heavy atom. The normalized spacial score (nSPS) is 23.8. The SMILES string of the molecule is FC(F)(F)C1(c2cc(Cl)cc(Cl)c2)CC=NO1. The van der Waals surface area contributed by atoms with E-state index in [9.17, 15) is 13.2 Å². The Morgan fingerprint density at radius 1 is 1.18 bits per heavy atom. The molecule has 1 aliphatic heterocycles. The largest absolute Gasteiger partial charge is 0.435 e. The van der Waals surface area contributed by atoms with E-state index in [1.54, 1.807) is 0 Å². The van der Waals surface area contributed by atoms with Crippen LogP contribution in [0, 0.1) is 0 Å². The van der Waals surface area contributed by atoms with Crippen LogP contribution < -0.4 is 0 Å². The van der Waals surface area contributed by atoms with Gasteiger partial charge in [0.2, 0.25) is 0 Å². The minimum atomic E-state index is -4.60. The predicted octanol–water partition coefficient (Wildman–Crippen LogP) is 4.16. The van der Waals surface area contributed by atoms with Crippen LogP contribution in [0.25, 0.3) is 0 Å². The number of alkyl halides is 3. The van der Waals surface area contributed by atoms with Crippen molar-refractivity contribution in [2.75, 3.05) is 0 Å². The summed E-state index contributed by atoms with van der Waals surface area (Å²) in [6.45, 7) is 0. The zero-order valence-corrected chi connectivity index (χ0v) is 9.77. The highest BCUT2D eigenvalue weighted by Crippen LogP contribution is 2.47. The van der Waals surface area contributed by atoms with Gasteiger partial charge in [-0.25, -0.2) is 0 Å². The molecule has 92 valence electrons. The molecular weight excluding hydrogens is 278 g/mol. The summed E-state index contributed by atoms with van der Waals surface area (Å²) in [6, 6.07) is 3.71. The van der Waals surface area contributed by atoms with Crippen LogP contribution in [0.4, 0.5) is 13.2 Å². The Kier molecular flexibility index (Phi) is 2.99. The summed E-state index contributed by atoms with van der Waals surface area (Å²) in [5, 5.41) is 3.44. The second kappa shape index (κ2) is 4.07. The molecule has 0 bridgehead atoms. The average Bonchev–Trinajstić information content (AvgIpc) is 2.64. The number of halogens is 5. The molecule has 17 heavy (non-hydrogen) atoms. The number of nitrogens with zero attached hydrogens (tertiary/aromatic N) is 1. The van der Waals surface area contributed by atoms with Gasteiger partial charge < -0.3 is 4.84 Å². The van der Waals surface area contributed by atoms with Crippen molar-refractivity contribution in [3.05, 3.63) is 33.8 Å². The third kappa shape index (κ3) is 2.09. The van der Waals surface area contributed by atoms with E-state index in [0.717, 1.165) is 6.21 Å². The Morgan fingerprint density at radius 2 is 1.76 bits per heavy atom. The first-order chi connectivity index (χ1) is 7.85. The number of benzene rings is 1. The van der Waals surface area contributed by atoms with Crippen LogP contribution in [0.15, 0.2) is 23.4 Å². The average molecular weight is 284 g/mol. The standard InChI is InChI=1S/C10H6Cl2F3NO/c11-7-3-6(4-8(12)5-7)9(10(13,14)15)1-2-16-17-9/h2-5H,1H2. The van der Waals surface area contributed by atoms with E-state index in [4.69, 9.17) is 23.2 Å². The first kappa shape index (κ1) is 12.5. The molecule has 1 heterocycles. The van der Waals surface area contributed by atoms with Crippen molar-refractivity contribution in [3.8, 4) is 0 Å². The van der Waals surface area contributed by atoms with Gasteiger partial charge >= 0.3 is 6.18 Å². The molecule has 7 heteroatoms. The van der Waals surface area contributed by atoms with Gasteiger partial charge in [0.15, 0.2) is 0 Å². The molecule has 0 aliphatic carbocycles. The number of oxime groups is 1. The van der Waals surface area contributed by atoms with Crippen LogP contribution in [0.5, 0.6) is 0 Å². The fraction of sp³-hybridized carbons (Fsp3) is 0.300. The third-order valence-electron chi connectivity index (χ3n) is 2.45. The van der Waals surface area contributed by atoms with E-state index >= 15 is 0 Å². The van der Waals surface area contributed by atoms with Crippen LogP contribution in [-0.4, -0.2) is 12.4 Å². The Balaban J connectivity index is 2.54. The molecule has 0 aromatic heterocycles. The molecule has 1 aromatic rings. The molecule has 0 spiro atoms. The van der Waals surface area contributed by atoms with Gasteiger partial charge in [-0.3, -0.25) is 0 Å². The molecule has 1 unspecified atom stereocenters. The van der Waals surface area contributed by atoms with Crippen molar-refractivity contribution in [2.45, 2.75) is 18.2 Å². The second-order valence-corrected chi connectivity index (χ2v) is 4.44.